The van der Waals surface area contributed by atoms with Gasteiger partial charge in [-0.3, -0.25) is 0 Å². The first kappa shape index (κ1) is 21.2. The van der Waals surface area contributed by atoms with Crippen LogP contribution in [0.1, 0.15) is 71.1 Å². The molecule has 0 aromatic carbocycles. The molecule has 0 aliphatic rings. The van der Waals surface area contributed by atoms with Gasteiger partial charge in [0.1, 0.15) is 0 Å². The van der Waals surface area contributed by atoms with Crippen molar-refractivity contribution in [2.45, 2.75) is 71.1 Å². The summed E-state index contributed by atoms with van der Waals surface area (Å²) in [5, 5.41) is 8.05. The second-order valence-electron chi connectivity index (χ2n) is 4.52. The van der Waals surface area contributed by atoms with Gasteiger partial charge in [-0.1, -0.05) is 64.7 Å². The Morgan fingerprint density at radius 3 is 1.61 bits per heavy atom. The van der Waals surface area contributed by atoms with Crippen LogP contribution < -0.4 is 0 Å². The van der Waals surface area contributed by atoms with Crippen molar-refractivity contribution < 1.29 is 18.0 Å². The van der Waals surface area contributed by atoms with Gasteiger partial charge in [0, 0.05) is 29.6 Å². The summed E-state index contributed by atoms with van der Waals surface area (Å²) in [6.45, 7) is 2.21. The second kappa shape index (κ2) is 14.3. The molecule has 0 aromatic heterocycles. The molecule has 18 heavy (non-hydrogen) atoms. The first-order chi connectivity index (χ1) is 8.12. The molecule has 0 heterocycles. The Bertz CT molecular complexity index is 255. The van der Waals surface area contributed by atoms with E-state index in [4.69, 9.17) is 5.26 Å². The number of hydrogen-bond acceptors (Lipinski definition) is 4. The van der Waals surface area contributed by atoms with Crippen molar-refractivity contribution >= 4 is 39.7 Å². The number of hydrogen-bond donors (Lipinski definition) is 1. The van der Waals surface area contributed by atoms with Gasteiger partial charge in [-0.25, -0.2) is 5.26 Å². The molecule has 0 rings (SSSR count). The van der Waals surface area contributed by atoms with Gasteiger partial charge in [0.05, 0.1) is 5.75 Å². The largest absolute Gasteiger partial charge is 0.293 e. The predicted molar refractivity (Wildman–Crippen MR) is 75.1 cm³/mol. The average molecular weight is 289 g/mol. The van der Waals surface area contributed by atoms with Crippen molar-refractivity contribution in [3.05, 3.63) is 0 Å². The van der Waals surface area contributed by atoms with Crippen LogP contribution in [0.2, 0.25) is 0 Å². The summed E-state index contributed by atoms with van der Waals surface area (Å²) >= 11 is 0. The average Bonchev–Trinajstić information content (AvgIpc) is 2.31. The van der Waals surface area contributed by atoms with Crippen molar-refractivity contribution in [1.82, 2.24) is 0 Å². The van der Waals surface area contributed by atoms with Crippen molar-refractivity contribution in [1.29, 1.82) is 0 Å². The van der Waals surface area contributed by atoms with Crippen LogP contribution in [0.3, 0.4) is 0 Å². The van der Waals surface area contributed by atoms with Crippen LogP contribution in [0, 0.1) is 0 Å². The van der Waals surface area contributed by atoms with E-state index in [-0.39, 0.29) is 35.3 Å². The zero-order valence-corrected chi connectivity index (χ0v) is 14.7. The van der Waals surface area contributed by atoms with Crippen LogP contribution in [-0.2, 0) is 14.5 Å². The number of rotatable bonds is 12. The fourth-order valence-corrected chi connectivity index (χ4v) is 2.44. The monoisotopic (exact) mass is 289 g/mol. The summed E-state index contributed by atoms with van der Waals surface area (Å²) in [7, 11) is -3.67. The van der Waals surface area contributed by atoms with E-state index in [9.17, 15) is 8.42 Å². The second-order valence-corrected chi connectivity index (χ2v) is 6.19. The molecule has 0 amide bonds. The van der Waals surface area contributed by atoms with Gasteiger partial charge >= 0.3 is 0 Å². The Hall–Kier alpha value is 0.870. The van der Waals surface area contributed by atoms with Crippen molar-refractivity contribution in [2.75, 3.05) is 5.75 Å². The molecule has 0 bridgehead atoms. The minimum absolute atomic E-state index is 0. The van der Waals surface area contributed by atoms with Crippen molar-refractivity contribution in [3.63, 3.8) is 0 Å². The van der Waals surface area contributed by atoms with Crippen LogP contribution in [0.25, 0.3) is 0 Å². The van der Waals surface area contributed by atoms with Crippen molar-refractivity contribution in [2.24, 2.45) is 0 Å². The zero-order chi connectivity index (χ0) is 13.0. The molecule has 0 spiro atoms. The molecular weight excluding hydrogens is 263 g/mol. The summed E-state index contributed by atoms with van der Waals surface area (Å²) in [4.78, 5) is 0. The van der Waals surface area contributed by atoms with E-state index in [1.165, 1.54) is 44.9 Å². The van der Waals surface area contributed by atoms with E-state index >= 15 is 0 Å². The van der Waals surface area contributed by atoms with E-state index in [0.29, 0.717) is 6.42 Å². The molecule has 6 heteroatoms. The third kappa shape index (κ3) is 14.9. The molecule has 0 fully saturated rings. The fraction of sp³-hybridized carbons (Fsp3) is 1.00. The SMILES string of the molecule is CCCCCCCCCCCCS(=O)(=O)OO.[Na]. The molecule has 1 N–H and O–H groups in total. The standard InChI is InChI=1S/C12H26O4S.Na/c1-2-3-4-5-6-7-8-9-10-11-12-17(14,15)16-13;/h13H,2-12H2,1H3;. The smallest absolute Gasteiger partial charge is 0.235 e. The summed E-state index contributed by atoms with van der Waals surface area (Å²) in [5.41, 5.74) is 0. The summed E-state index contributed by atoms with van der Waals surface area (Å²) in [6, 6.07) is 0. The van der Waals surface area contributed by atoms with E-state index < -0.39 is 10.1 Å². The first-order valence-corrected chi connectivity index (χ1v) is 8.26. The van der Waals surface area contributed by atoms with E-state index in [1.54, 1.807) is 0 Å². The fourth-order valence-electron chi connectivity index (χ4n) is 1.80. The van der Waals surface area contributed by atoms with Gasteiger partial charge in [-0.05, 0) is 6.42 Å². The van der Waals surface area contributed by atoms with E-state index in [0.717, 1.165) is 12.8 Å². The quantitative estimate of drug-likeness (QED) is 0.259. The maximum atomic E-state index is 10.8. The molecule has 1 radical (unpaired) electrons. The van der Waals surface area contributed by atoms with Crippen LogP contribution in [0.15, 0.2) is 0 Å². The molecule has 0 atom stereocenters. The molecule has 105 valence electrons. The summed E-state index contributed by atoms with van der Waals surface area (Å²) in [5.74, 6) is -0.0833. The minimum Gasteiger partial charge on any atom is -0.235 e. The Morgan fingerprint density at radius 1 is 0.833 bits per heavy atom. The van der Waals surface area contributed by atoms with Gasteiger partial charge in [-0.2, -0.15) is 8.42 Å². The van der Waals surface area contributed by atoms with Crippen molar-refractivity contribution in [3.8, 4) is 0 Å². The Balaban J connectivity index is 0. The van der Waals surface area contributed by atoms with Crippen LogP contribution >= 0.6 is 0 Å². The van der Waals surface area contributed by atoms with Crippen LogP contribution in [-0.4, -0.2) is 49.0 Å². The topological polar surface area (TPSA) is 63.6 Å². The predicted octanol–water partition coefficient (Wildman–Crippen LogP) is 3.35. The maximum Gasteiger partial charge on any atom is 0.293 e. The molecule has 0 unspecified atom stereocenters. The molecule has 0 saturated carbocycles. The van der Waals surface area contributed by atoms with Gasteiger partial charge < -0.3 is 0 Å². The van der Waals surface area contributed by atoms with E-state index in [2.05, 4.69) is 11.3 Å². The number of unbranched alkanes of at least 4 members (excludes halogenated alkanes) is 9. The normalized spacial score (nSPS) is 11.2. The zero-order valence-electron chi connectivity index (χ0n) is 11.9. The molecule has 0 aromatic rings. The Morgan fingerprint density at radius 2 is 1.22 bits per heavy atom. The molecule has 0 saturated heterocycles. The Kier molecular flexibility index (Phi) is 16.8. The third-order valence-electron chi connectivity index (χ3n) is 2.86. The van der Waals surface area contributed by atoms with E-state index in [1.807, 2.05) is 0 Å². The molecular formula is C12H26NaO4S. The Labute approximate surface area is 134 Å². The minimum atomic E-state index is -3.67. The molecule has 0 aliphatic heterocycles. The summed E-state index contributed by atoms with van der Waals surface area (Å²) in [6.07, 6.45) is 11.5. The summed E-state index contributed by atoms with van der Waals surface area (Å²) < 4.78 is 24.9. The molecule has 4 nitrogen and oxygen atoms in total. The van der Waals surface area contributed by atoms with Gasteiger partial charge in [0.15, 0.2) is 0 Å². The van der Waals surface area contributed by atoms with Gasteiger partial charge in [0.25, 0.3) is 10.1 Å². The van der Waals surface area contributed by atoms with Gasteiger partial charge in [-0.15, -0.1) is 4.33 Å². The van der Waals surface area contributed by atoms with Crippen LogP contribution in [0.5, 0.6) is 0 Å². The maximum absolute atomic E-state index is 10.8. The van der Waals surface area contributed by atoms with Crippen LogP contribution in [0.4, 0.5) is 0 Å². The molecule has 0 aliphatic carbocycles. The van der Waals surface area contributed by atoms with Gasteiger partial charge in [0.2, 0.25) is 0 Å². The first-order valence-electron chi connectivity index (χ1n) is 6.68. The third-order valence-corrected chi connectivity index (χ3v) is 3.88.